The Morgan fingerprint density at radius 2 is 1.88 bits per heavy atom. The maximum Gasteiger partial charge on any atom is 0.573 e. The van der Waals surface area contributed by atoms with Crippen LogP contribution in [0.2, 0.25) is 5.28 Å². The van der Waals surface area contributed by atoms with Gasteiger partial charge in [0.1, 0.15) is 5.75 Å². The first-order chi connectivity index (χ1) is 11.7. The molecule has 0 radical (unpaired) electrons. The van der Waals surface area contributed by atoms with E-state index < -0.39 is 18.0 Å². The molecule has 0 saturated heterocycles. The lowest BCUT2D eigenvalue weighted by Crippen LogP contribution is -2.18. The van der Waals surface area contributed by atoms with Gasteiger partial charge in [0.25, 0.3) is 11.7 Å². The topological polar surface area (TPSA) is 95.4 Å². The molecule has 0 fully saturated rings. The Bertz CT molecular complexity index is 969. The number of aromatic nitrogens is 4. The van der Waals surface area contributed by atoms with Crippen molar-refractivity contribution in [2.75, 3.05) is 0 Å². The van der Waals surface area contributed by atoms with Gasteiger partial charge in [0.15, 0.2) is 0 Å². The lowest BCUT2D eigenvalue weighted by atomic mass is 10.0. The number of primary amides is 1. The van der Waals surface area contributed by atoms with E-state index in [4.69, 9.17) is 17.3 Å². The van der Waals surface area contributed by atoms with Crippen LogP contribution in [-0.2, 0) is 0 Å². The summed E-state index contributed by atoms with van der Waals surface area (Å²) < 4.78 is 41.8. The molecular weight excluding hydrogens is 363 g/mol. The minimum Gasteiger partial charge on any atom is -0.406 e. The standard InChI is InChI=1S/C14H9ClF3N5O2/c1-6-9(11(19)24)10(23-13(20-6)21-12(15)22-23)7-2-4-8(5-3-7)25-14(16,17)18/h2-5H,1H3,(H2,19,24). The highest BCUT2D eigenvalue weighted by Crippen LogP contribution is 2.29. The molecule has 0 atom stereocenters. The molecule has 0 bridgehead atoms. The quantitative estimate of drug-likeness (QED) is 0.763. The number of halogens is 4. The van der Waals surface area contributed by atoms with E-state index in [9.17, 15) is 18.0 Å². The summed E-state index contributed by atoms with van der Waals surface area (Å²) in [6.45, 7) is 1.55. The average molecular weight is 372 g/mol. The molecule has 2 heterocycles. The highest BCUT2D eigenvalue weighted by Gasteiger charge is 2.31. The zero-order valence-electron chi connectivity index (χ0n) is 12.5. The smallest absolute Gasteiger partial charge is 0.406 e. The number of alkyl halides is 3. The average Bonchev–Trinajstić information content (AvgIpc) is 2.84. The minimum atomic E-state index is -4.81. The van der Waals surface area contributed by atoms with Gasteiger partial charge in [-0.05, 0) is 42.8 Å². The SMILES string of the molecule is Cc1nc2nc(Cl)nn2c(-c2ccc(OC(F)(F)F)cc2)c1C(N)=O. The van der Waals surface area contributed by atoms with Gasteiger partial charge in [0.2, 0.25) is 5.28 Å². The third kappa shape index (κ3) is 3.33. The number of benzene rings is 1. The molecule has 0 unspecified atom stereocenters. The molecule has 0 aliphatic rings. The monoisotopic (exact) mass is 371 g/mol. The van der Waals surface area contributed by atoms with E-state index in [1.807, 2.05) is 0 Å². The Hall–Kier alpha value is -2.88. The van der Waals surface area contributed by atoms with Gasteiger partial charge in [-0.2, -0.15) is 9.50 Å². The van der Waals surface area contributed by atoms with Crippen molar-refractivity contribution in [3.63, 3.8) is 0 Å². The van der Waals surface area contributed by atoms with Gasteiger partial charge in [-0.15, -0.1) is 18.3 Å². The second-order valence-corrected chi connectivity index (χ2v) is 5.29. The van der Waals surface area contributed by atoms with Crippen molar-refractivity contribution in [2.45, 2.75) is 13.3 Å². The van der Waals surface area contributed by atoms with Crippen molar-refractivity contribution >= 4 is 23.3 Å². The molecule has 2 aromatic heterocycles. The van der Waals surface area contributed by atoms with Crippen molar-refractivity contribution in [3.05, 3.63) is 40.8 Å². The number of nitrogens with zero attached hydrogens (tertiary/aromatic N) is 4. The molecule has 0 saturated carbocycles. The van der Waals surface area contributed by atoms with Gasteiger partial charge in [-0.3, -0.25) is 4.79 Å². The van der Waals surface area contributed by atoms with Crippen LogP contribution in [0, 0.1) is 6.92 Å². The fourth-order valence-corrected chi connectivity index (χ4v) is 2.51. The van der Waals surface area contributed by atoms with Crippen LogP contribution >= 0.6 is 11.6 Å². The van der Waals surface area contributed by atoms with E-state index in [1.165, 1.54) is 16.6 Å². The number of rotatable bonds is 3. The van der Waals surface area contributed by atoms with Crippen molar-refractivity contribution < 1.29 is 22.7 Å². The lowest BCUT2D eigenvalue weighted by molar-refractivity contribution is -0.274. The van der Waals surface area contributed by atoms with E-state index in [2.05, 4.69) is 19.8 Å². The summed E-state index contributed by atoms with van der Waals surface area (Å²) in [5.41, 5.74) is 6.33. The van der Waals surface area contributed by atoms with E-state index in [0.717, 1.165) is 12.1 Å². The van der Waals surface area contributed by atoms with Crippen LogP contribution in [0.3, 0.4) is 0 Å². The third-order valence-electron chi connectivity index (χ3n) is 3.25. The summed E-state index contributed by atoms with van der Waals surface area (Å²) >= 11 is 5.78. The zero-order valence-corrected chi connectivity index (χ0v) is 13.3. The summed E-state index contributed by atoms with van der Waals surface area (Å²) in [6, 6.07) is 4.87. The Morgan fingerprint density at radius 1 is 1.24 bits per heavy atom. The summed E-state index contributed by atoms with van der Waals surface area (Å²) in [5, 5.41) is 3.84. The number of aryl methyl sites for hydroxylation is 1. The second kappa shape index (κ2) is 5.88. The first kappa shape index (κ1) is 17.0. The van der Waals surface area contributed by atoms with Crippen LogP contribution in [0.15, 0.2) is 24.3 Å². The second-order valence-electron chi connectivity index (χ2n) is 4.95. The number of fused-ring (bicyclic) bond motifs is 1. The first-order valence-corrected chi connectivity index (χ1v) is 7.12. The highest BCUT2D eigenvalue weighted by atomic mass is 35.5. The summed E-state index contributed by atoms with van der Waals surface area (Å²) in [7, 11) is 0. The summed E-state index contributed by atoms with van der Waals surface area (Å²) in [6.07, 6.45) is -4.81. The van der Waals surface area contributed by atoms with Gasteiger partial charge in [0.05, 0.1) is 17.0 Å². The summed E-state index contributed by atoms with van der Waals surface area (Å²) in [5.74, 6) is -1.06. The van der Waals surface area contributed by atoms with Crippen LogP contribution in [-0.4, -0.2) is 31.9 Å². The van der Waals surface area contributed by atoms with Crippen LogP contribution in [0.1, 0.15) is 16.1 Å². The number of hydrogen-bond donors (Lipinski definition) is 1. The summed E-state index contributed by atoms with van der Waals surface area (Å²) in [4.78, 5) is 19.8. The molecule has 1 aromatic carbocycles. The van der Waals surface area contributed by atoms with E-state index in [-0.39, 0.29) is 28.0 Å². The predicted molar refractivity (Wildman–Crippen MR) is 81.2 cm³/mol. The van der Waals surface area contributed by atoms with E-state index in [0.29, 0.717) is 5.56 Å². The van der Waals surface area contributed by atoms with Crippen molar-refractivity contribution in [3.8, 4) is 17.0 Å². The number of carbonyl (C=O) groups is 1. The number of ether oxygens (including phenoxy) is 1. The van der Waals surface area contributed by atoms with Gasteiger partial charge in [-0.25, -0.2) is 4.98 Å². The number of nitrogens with two attached hydrogens (primary N) is 1. The Morgan fingerprint density at radius 3 is 2.44 bits per heavy atom. The fraction of sp³-hybridized carbons (Fsp3) is 0.143. The van der Waals surface area contributed by atoms with Crippen LogP contribution in [0.25, 0.3) is 17.0 Å². The number of carbonyl (C=O) groups excluding carboxylic acids is 1. The molecule has 3 rings (SSSR count). The lowest BCUT2D eigenvalue weighted by Gasteiger charge is -2.12. The van der Waals surface area contributed by atoms with Crippen molar-refractivity contribution in [1.82, 2.24) is 19.6 Å². The molecule has 1 amide bonds. The largest absolute Gasteiger partial charge is 0.573 e. The Labute approximate surface area is 143 Å². The Kier molecular flexibility index (Phi) is 3.99. The maximum absolute atomic E-state index is 12.3. The molecule has 0 aliphatic carbocycles. The first-order valence-electron chi connectivity index (χ1n) is 6.74. The molecule has 2 N–H and O–H groups in total. The number of amides is 1. The van der Waals surface area contributed by atoms with E-state index in [1.54, 1.807) is 6.92 Å². The molecule has 11 heteroatoms. The highest BCUT2D eigenvalue weighted by molar-refractivity contribution is 6.28. The van der Waals surface area contributed by atoms with Crippen LogP contribution in [0.4, 0.5) is 13.2 Å². The van der Waals surface area contributed by atoms with Gasteiger partial charge in [0, 0.05) is 5.56 Å². The Balaban J connectivity index is 2.20. The molecule has 0 spiro atoms. The van der Waals surface area contributed by atoms with Crippen molar-refractivity contribution in [2.24, 2.45) is 5.73 Å². The van der Waals surface area contributed by atoms with Gasteiger partial charge >= 0.3 is 6.36 Å². The molecule has 25 heavy (non-hydrogen) atoms. The molecular formula is C14H9ClF3N5O2. The van der Waals surface area contributed by atoms with E-state index >= 15 is 0 Å². The van der Waals surface area contributed by atoms with Gasteiger partial charge < -0.3 is 10.5 Å². The van der Waals surface area contributed by atoms with Crippen LogP contribution < -0.4 is 10.5 Å². The fourth-order valence-electron chi connectivity index (χ4n) is 2.36. The third-order valence-corrected chi connectivity index (χ3v) is 3.41. The molecule has 0 aliphatic heterocycles. The van der Waals surface area contributed by atoms with Crippen molar-refractivity contribution in [1.29, 1.82) is 0 Å². The predicted octanol–water partition coefficient (Wildman–Crippen LogP) is 2.75. The molecule has 7 nitrogen and oxygen atoms in total. The van der Waals surface area contributed by atoms with Gasteiger partial charge in [-0.1, -0.05) is 0 Å². The normalized spacial score (nSPS) is 11.7. The van der Waals surface area contributed by atoms with Crippen LogP contribution in [0.5, 0.6) is 5.75 Å². The molecule has 3 aromatic rings. The maximum atomic E-state index is 12.3. The minimum absolute atomic E-state index is 0.0542. The molecule has 130 valence electrons. The number of hydrogen-bond acceptors (Lipinski definition) is 5. The zero-order chi connectivity index (χ0) is 18.4.